The zero-order valence-corrected chi connectivity index (χ0v) is 12.8. The van der Waals surface area contributed by atoms with E-state index >= 15 is 0 Å². The fourth-order valence-corrected chi connectivity index (χ4v) is 5.85. The average Bonchev–Trinajstić information content (AvgIpc) is 2.34. The summed E-state index contributed by atoms with van der Waals surface area (Å²) in [7, 11) is 0. The molecule has 0 radical (unpaired) electrons. The molecule has 3 nitrogen and oxygen atoms in total. The number of ether oxygens (including phenoxy) is 2. The van der Waals surface area contributed by atoms with Gasteiger partial charge in [-0.2, -0.15) is 0 Å². The van der Waals surface area contributed by atoms with Crippen LogP contribution >= 0.6 is 0 Å². The lowest BCUT2D eigenvalue weighted by molar-refractivity contribution is -0.151. The average molecular weight is 279 g/mol. The van der Waals surface area contributed by atoms with Crippen LogP contribution < -0.4 is 5.32 Å². The minimum atomic E-state index is 0.366. The van der Waals surface area contributed by atoms with Gasteiger partial charge in [-0.25, -0.2) is 0 Å². The van der Waals surface area contributed by atoms with E-state index in [1.165, 1.54) is 38.5 Å². The van der Waals surface area contributed by atoms with E-state index in [2.05, 4.69) is 12.2 Å². The topological polar surface area (TPSA) is 30.5 Å². The normalized spacial score (nSPS) is 44.5. The van der Waals surface area contributed by atoms with Gasteiger partial charge in [-0.05, 0) is 68.2 Å². The van der Waals surface area contributed by atoms with Gasteiger partial charge in [-0.1, -0.05) is 6.92 Å². The van der Waals surface area contributed by atoms with Crippen LogP contribution in [-0.4, -0.2) is 38.5 Å². The van der Waals surface area contributed by atoms with E-state index in [1.54, 1.807) is 0 Å². The van der Waals surface area contributed by atoms with Gasteiger partial charge in [0.2, 0.25) is 0 Å². The Bertz CT molecular complexity index is 318. The van der Waals surface area contributed by atoms with Crippen LogP contribution in [0.2, 0.25) is 0 Å². The Labute approximate surface area is 122 Å². The third-order valence-electron chi connectivity index (χ3n) is 6.38. The summed E-state index contributed by atoms with van der Waals surface area (Å²) >= 11 is 0. The maximum Gasteiger partial charge on any atom is 0.104 e. The summed E-state index contributed by atoms with van der Waals surface area (Å²) in [5.41, 5.74) is 0.551. The molecule has 114 valence electrons. The second-order valence-electron chi connectivity index (χ2n) is 7.88. The van der Waals surface area contributed by atoms with Crippen molar-refractivity contribution < 1.29 is 9.47 Å². The molecule has 1 atom stereocenters. The molecule has 5 aliphatic rings. The van der Waals surface area contributed by atoms with Crippen LogP contribution in [0.3, 0.4) is 0 Å². The van der Waals surface area contributed by atoms with Crippen molar-refractivity contribution in [1.82, 2.24) is 5.32 Å². The van der Waals surface area contributed by atoms with Crippen molar-refractivity contribution in [2.75, 3.05) is 26.4 Å². The summed E-state index contributed by atoms with van der Waals surface area (Å²) in [5, 5.41) is 3.78. The Morgan fingerprint density at radius 1 is 1.10 bits per heavy atom. The molecule has 20 heavy (non-hydrogen) atoms. The predicted octanol–water partition coefficient (Wildman–Crippen LogP) is 2.60. The molecule has 1 unspecified atom stereocenters. The first-order valence-electron chi connectivity index (χ1n) is 8.70. The maximum atomic E-state index is 6.09. The molecule has 3 heteroatoms. The van der Waals surface area contributed by atoms with Crippen molar-refractivity contribution >= 4 is 0 Å². The number of hydrogen-bond donors (Lipinski definition) is 1. The van der Waals surface area contributed by atoms with Crippen molar-refractivity contribution in [2.45, 2.75) is 57.6 Å². The van der Waals surface area contributed by atoms with Crippen LogP contribution in [0.5, 0.6) is 0 Å². The highest BCUT2D eigenvalue weighted by Gasteiger charge is 2.54. The Morgan fingerprint density at radius 2 is 1.70 bits per heavy atom. The van der Waals surface area contributed by atoms with Gasteiger partial charge in [0.15, 0.2) is 0 Å². The molecular formula is C17H29NO2. The minimum absolute atomic E-state index is 0.366. The van der Waals surface area contributed by atoms with E-state index < -0.39 is 0 Å². The second kappa shape index (κ2) is 5.26. The van der Waals surface area contributed by atoms with E-state index in [0.29, 0.717) is 17.6 Å². The number of hydrogen-bond acceptors (Lipinski definition) is 3. The van der Waals surface area contributed by atoms with Crippen LogP contribution in [0, 0.1) is 23.2 Å². The van der Waals surface area contributed by atoms with Crippen molar-refractivity contribution in [2.24, 2.45) is 23.2 Å². The summed E-state index contributed by atoms with van der Waals surface area (Å²) in [5.74, 6) is 3.07. The van der Waals surface area contributed by atoms with Gasteiger partial charge in [0, 0.05) is 6.04 Å². The quantitative estimate of drug-likeness (QED) is 0.810. The molecule has 0 aromatic carbocycles. The zero-order valence-electron chi connectivity index (χ0n) is 12.8. The van der Waals surface area contributed by atoms with Gasteiger partial charge >= 0.3 is 0 Å². The monoisotopic (exact) mass is 279 g/mol. The SMILES string of the molecule is CCNC(COC1COC1)C12CC3CC(CC(C3)C1)C2. The van der Waals surface area contributed by atoms with Crippen LogP contribution in [0.1, 0.15) is 45.4 Å². The number of likely N-dealkylation sites (N-methyl/N-ethyl adjacent to an activating group) is 1. The van der Waals surface area contributed by atoms with Gasteiger partial charge in [0.25, 0.3) is 0 Å². The molecule has 1 saturated heterocycles. The molecule has 0 amide bonds. The van der Waals surface area contributed by atoms with Gasteiger partial charge in [-0.3, -0.25) is 0 Å². The fourth-order valence-electron chi connectivity index (χ4n) is 5.85. The molecule has 4 saturated carbocycles. The van der Waals surface area contributed by atoms with Crippen molar-refractivity contribution in [1.29, 1.82) is 0 Å². The number of rotatable bonds is 6. The number of nitrogens with one attached hydrogen (secondary N) is 1. The summed E-state index contributed by atoms with van der Waals surface area (Å²) in [4.78, 5) is 0. The first-order valence-corrected chi connectivity index (χ1v) is 8.70. The zero-order chi connectivity index (χ0) is 13.6. The van der Waals surface area contributed by atoms with Gasteiger partial charge in [0.05, 0.1) is 19.8 Å². The summed E-state index contributed by atoms with van der Waals surface area (Å²) in [6, 6.07) is 0.571. The lowest BCUT2D eigenvalue weighted by Gasteiger charge is -2.59. The largest absolute Gasteiger partial charge is 0.376 e. The lowest BCUT2D eigenvalue weighted by Crippen LogP contribution is -2.58. The molecule has 4 bridgehead atoms. The lowest BCUT2D eigenvalue weighted by atomic mass is 9.47. The molecule has 4 aliphatic carbocycles. The Balaban J connectivity index is 1.46. The molecule has 0 aromatic rings. The highest BCUT2D eigenvalue weighted by Crippen LogP contribution is 2.61. The Morgan fingerprint density at radius 3 is 2.15 bits per heavy atom. The van der Waals surface area contributed by atoms with Crippen LogP contribution in [0.15, 0.2) is 0 Å². The van der Waals surface area contributed by atoms with Gasteiger partial charge < -0.3 is 14.8 Å². The van der Waals surface area contributed by atoms with Crippen molar-refractivity contribution in [3.63, 3.8) is 0 Å². The summed E-state index contributed by atoms with van der Waals surface area (Å²) in [6.07, 6.45) is 9.31. The first-order chi connectivity index (χ1) is 9.77. The first kappa shape index (κ1) is 13.5. The summed E-state index contributed by atoms with van der Waals surface area (Å²) < 4.78 is 11.3. The fraction of sp³-hybridized carbons (Fsp3) is 1.00. The van der Waals surface area contributed by atoms with Crippen molar-refractivity contribution in [3.05, 3.63) is 0 Å². The molecule has 5 rings (SSSR count). The molecule has 1 aliphatic heterocycles. The smallest absolute Gasteiger partial charge is 0.104 e. The molecular weight excluding hydrogens is 250 g/mol. The standard InChI is InChI=1S/C17H29NO2/c1-2-18-16(11-20-15-9-19-10-15)17-6-12-3-13(7-17)5-14(4-12)8-17/h12-16,18H,2-11H2,1H3. The Hall–Kier alpha value is -0.120. The molecule has 0 spiro atoms. The highest BCUT2D eigenvalue weighted by atomic mass is 16.6. The Kier molecular flexibility index (Phi) is 3.56. The minimum Gasteiger partial charge on any atom is -0.376 e. The third-order valence-corrected chi connectivity index (χ3v) is 6.38. The second-order valence-corrected chi connectivity index (χ2v) is 7.88. The predicted molar refractivity (Wildman–Crippen MR) is 78.6 cm³/mol. The van der Waals surface area contributed by atoms with E-state index in [1.807, 2.05) is 0 Å². The van der Waals surface area contributed by atoms with Crippen LogP contribution in [0.4, 0.5) is 0 Å². The van der Waals surface area contributed by atoms with E-state index in [0.717, 1.165) is 44.1 Å². The van der Waals surface area contributed by atoms with E-state index in [4.69, 9.17) is 9.47 Å². The molecule has 1 heterocycles. The molecule has 5 fully saturated rings. The van der Waals surface area contributed by atoms with Gasteiger partial charge in [0.1, 0.15) is 6.10 Å². The molecule has 0 aromatic heterocycles. The van der Waals surface area contributed by atoms with Gasteiger partial charge in [-0.15, -0.1) is 0 Å². The summed E-state index contributed by atoms with van der Waals surface area (Å²) in [6.45, 7) is 5.81. The van der Waals surface area contributed by atoms with Crippen LogP contribution in [-0.2, 0) is 9.47 Å². The van der Waals surface area contributed by atoms with E-state index in [-0.39, 0.29) is 0 Å². The van der Waals surface area contributed by atoms with E-state index in [9.17, 15) is 0 Å². The third kappa shape index (κ3) is 2.32. The molecule has 1 N–H and O–H groups in total. The highest BCUT2D eigenvalue weighted by molar-refractivity contribution is 5.06. The van der Waals surface area contributed by atoms with Crippen LogP contribution in [0.25, 0.3) is 0 Å². The van der Waals surface area contributed by atoms with Crippen molar-refractivity contribution in [3.8, 4) is 0 Å². The maximum absolute atomic E-state index is 6.09.